The lowest BCUT2D eigenvalue weighted by Gasteiger charge is -2.09. The molecular weight excluding hydrogens is 162 g/mol. The van der Waals surface area contributed by atoms with Crippen molar-refractivity contribution in [2.45, 2.75) is 6.04 Å². The predicted molar refractivity (Wildman–Crippen MR) is 42.3 cm³/mol. The molecule has 0 unspecified atom stereocenters. The minimum Gasteiger partial charge on any atom is -0.329 e. The molecule has 0 heterocycles. The molecule has 0 aliphatic heterocycles. The van der Waals surface area contributed by atoms with Gasteiger partial charge in [-0.3, -0.25) is 0 Å². The van der Waals surface area contributed by atoms with Crippen LogP contribution in [0.25, 0.3) is 0 Å². The summed E-state index contributed by atoms with van der Waals surface area (Å²) < 4.78 is 25.5. The minimum absolute atomic E-state index is 0.0976. The molecule has 1 aromatic rings. The first kappa shape index (κ1) is 9.09. The summed E-state index contributed by atoms with van der Waals surface area (Å²) >= 11 is 0. The Balaban J connectivity index is 3.07. The summed E-state index contributed by atoms with van der Waals surface area (Å²) in [6.45, 7) is 0.0976. The molecule has 0 saturated carbocycles. The summed E-state index contributed by atoms with van der Waals surface area (Å²) in [6.07, 6.45) is 0. The van der Waals surface area contributed by atoms with E-state index in [4.69, 9.17) is 11.5 Å². The highest BCUT2D eigenvalue weighted by atomic mass is 19.2. The van der Waals surface area contributed by atoms with Crippen LogP contribution in [-0.2, 0) is 0 Å². The number of hydrogen-bond acceptors (Lipinski definition) is 2. The molecule has 0 saturated heterocycles. The fourth-order valence-electron chi connectivity index (χ4n) is 0.934. The highest BCUT2D eigenvalue weighted by Gasteiger charge is 2.12. The van der Waals surface area contributed by atoms with Gasteiger partial charge in [0.15, 0.2) is 11.6 Å². The molecule has 1 aromatic carbocycles. The molecule has 0 aliphatic rings. The summed E-state index contributed by atoms with van der Waals surface area (Å²) in [4.78, 5) is 0. The maximum Gasteiger partial charge on any atom is 0.163 e. The van der Waals surface area contributed by atoms with Gasteiger partial charge in [-0.15, -0.1) is 0 Å². The Labute approximate surface area is 69.2 Å². The first-order chi connectivity index (χ1) is 5.66. The van der Waals surface area contributed by atoms with Gasteiger partial charge >= 0.3 is 0 Å². The Kier molecular flexibility index (Phi) is 2.73. The van der Waals surface area contributed by atoms with Crippen LogP contribution >= 0.6 is 0 Å². The largest absolute Gasteiger partial charge is 0.329 e. The maximum atomic E-state index is 12.9. The van der Waals surface area contributed by atoms with Crippen LogP contribution in [0.3, 0.4) is 0 Å². The smallest absolute Gasteiger partial charge is 0.163 e. The van der Waals surface area contributed by atoms with Gasteiger partial charge in [-0.25, -0.2) is 8.78 Å². The number of halogens is 2. The third-order valence-electron chi connectivity index (χ3n) is 1.63. The summed E-state index contributed by atoms with van der Waals surface area (Å²) in [5.74, 6) is -1.80. The second-order valence-corrected chi connectivity index (χ2v) is 2.49. The standard InChI is InChI=1S/C8H10F2N2/c9-6-3-1-2-5(8(6)10)7(12)4-11/h1-3,7H,4,11-12H2/t7-/m0/s1. The highest BCUT2D eigenvalue weighted by molar-refractivity contribution is 5.22. The molecule has 4 heteroatoms. The van der Waals surface area contributed by atoms with Crippen LogP contribution in [0.2, 0.25) is 0 Å². The van der Waals surface area contributed by atoms with Crippen molar-refractivity contribution < 1.29 is 8.78 Å². The van der Waals surface area contributed by atoms with E-state index in [-0.39, 0.29) is 12.1 Å². The first-order valence-corrected chi connectivity index (χ1v) is 3.56. The normalized spacial score (nSPS) is 13.0. The van der Waals surface area contributed by atoms with Gasteiger partial charge < -0.3 is 11.5 Å². The topological polar surface area (TPSA) is 52.0 Å². The molecule has 2 nitrogen and oxygen atoms in total. The van der Waals surface area contributed by atoms with Crippen molar-refractivity contribution in [2.24, 2.45) is 11.5 Å². The van der Waals surface area contributed by atoms with Crippen LogP contribution in [0.5, 0.6) is 0 Å². The maximum absolute atomic E-state index is 12.9. The van der Waals surface area contributed by atoms with Crippen LogP contribution < -0.4 is 11.5 Å². The van der Waals surface area contributed by atoms with Gasteiger partial charge in [0.25, 0.3) is 0 Å². The Morgan fingerprint density at radius 2 is 2.00 bits per heavy atom. The van der Waals surface area contributed by atoms with Crippen LogP contribution in [0.15, 0.2) is 18.2 Å². The zero-order chi connectivity index (χ0) is 9.14. The number of hydrogen-bond donors (Lipinski definition) is 2. The van der Waals surface area contributed by atoms with Gasteiger partial charge in [0.2, 0.25) is 0 Å². The van der Waals surface area contributed by atoms with Crippen LogP contribution in [0.4, 0.5) is 8.78 Å². The molecule has 0 amide bonds. The molecular formula is C8H10F2N2. The van der Waals surface area contributed by atoms with E-state index in [1.807, 2.05) is 0 Å². The lowest BCUT2D eigenvalue weighted by Crippen LogP contribution is -2.22. The van der Waals surface area contributed by atoms with E-state index >= 15 is 0 Å². The fraction of sp³-hybridized carbons (Fsp3) is 0.250. The number of nitrogens with two attached hydrogens (primary N) is 2. The van der Waals surface area contributed by atoms with Gasteiger partial charge in [-0.1, -0.05) is 12.1 Å². The summed E-state index contributed by atoms with van der Waals surface area (Å²) in [6, 6.07) is 3.24. The first-order valence-electron chi connectivity index (χ1n) is 3.56. The highest BCUT2D eigenvalue weighted by Crippen LogP contribution is 2.16. The van der Waals surface area contributed by atoms with Crippen LogP contribution in [0, 0.1) is 11.6 Å². The van der Waals surface area contributed by atoms with E-state index in [0.29, 0.717) is 0 Å². The zero-order valence-corrected chi connectivity index (χ0v) is 6.43. The van der Waals surface area contributed by atoms with Gasteiger partial charge in [0.05, 0.1) is 0 Å². The molecule has 12 heavy (non-hydrogen) atoms. The Morgan fingerprint density at radius 3 is 2.58 bits per heavy atom. The lowest BCUT2D eigenvalue weighted by atomic mass is 10.1. The van der Waals surface area contributed by atoms with Crippen molar-refractivity contribution in [1.29, 1.82) is 0 Å². The van der Waals surface area contributed by atoms with Crippen molar-refractivity contribution >= 4 is 0 Å². The molecule has 0 radical (unpaired) electrons. The molecule has 0 aromatic heterocycles. The molecule has 0 spiro atoms. The molecule has 1 atom stereocenters. The summed E-state index contributed by atoms with van der Waals surface area (Å²) in [5, 5.41) is 0. The molecule has 0 aliphatic carbocycles. The van der Waals surface area contributed by atoms with Gasteiger partial charge in [0, 0.05) is 18.2 Å². The molecule has 0 bridgehead atoms. The zero-order valence-electron chi connectivity index (χ0n) is 6.43. The van der Waals surface area contributed by atoms with Crippen molar-refractivity contribution in [1.82, 2.24) is 0 Å². The Morgan fingerprint density at radius 1 is 1.33 bits per heavy atom. The average molecular weight is 172 g/mol. The fourth-order valence-corrected chi connectivity index (χ4v) is 0.934. The van der Waals surface area contributed by atoms with E-state index in [9.17, 15) is 8.78 Å². The molecule has 0 fully saturated rings. The predicted octanol–water partition coefficient (Wildman–Crippen LogP) is 0.923. The Hall–Kier alpha value is -1.00. The van der Waals surface area contributed by atoms with E-state index in [1.54, 1.807) is 0 Å². The van der Waals surface area contributed by atoms with Crippen molar-refractivity contribution in [3.8, 4) is 0 Å². The van der Waals surface area contributed by atoms with E-state index in [2.05, 4.69) is 0 Å². The second-order valence-electron chi connectivity index (χ2n) is 2.49. The van der Waals surface area contributed by atoms with Crippen molar-refractivity contribution in [3.05, 3.63) is 35.4 Å². The molecule has 4 N–H and O–H groups in total. The number of rotatable bonds is 2. The van der Waals surface area contributed by atoms with Crippen molar-refractivity contribution in [2.75, 3.05) is 6.54 Å². The minimum atomic E-state index is -0.907. The molecule has 1 rings (SSSR count). The van der Waals surface area contributed by atoms with Crippen LogP contribution in [0.1, 0.15) is 11.6 Å². The second kappa shape index (κ2) is 3.60. The number of benzene rings is 1. The lowest BCUT2D eigenvalue weighted by molar-refractivity contribution is 0.489. The molecule has 66 valence electrons. The van der Waals surface area contributed by atoms with Gasteiger partial charge in [0.1, 0.15) is 0 Å². The SMILES string of the molecule is NC[C@H](N)c1cccc(F)c1F. The van der Waals surface area contributed by atoms with E-state index < -0.39 is 17.7 Å². The monoisotopic (exact) mass is 172 g/mol. The van der Waals surface area contributed by atoms with Crippen molar-refractivity contribution in [3.63, 3.8) is 0 Å². The van der Waals surface area contributed by atoms with Gasteiger partial charge in [-0.05, 0) is 6.07 Å². The third kappa shape index (κ3) is 1.60. The quantitative estimate of drug-likeness (QED) is 0.697. The summed E-state index contributed by atoms with van der Waals surface area (Å²) in [7, 11) is 0. The Bertz CT molecular complexity index is 276. The average Bonchev–Trinajstić information content (AvgIpc) is 2.08. The van der Waals surface area contributed by atoms with E-state index in [1.165, 1.54) is 12.1 Å². The third-order valence-corrected chi connectivity index (χ3v) is 1.63. The van der Waals surface area contributed by atoms with Crippen LogP contribution in [-0.4, -0.2) is 6.54 Å². The van der Waals surface area contributed by atoms with Gasteiger partial charge in [-0.2, -0.15) is 0 Å². The van der Waals surface area contributed by atoms with E-state index in [0.717, 1.165) is 6.07 Å². The summed E-state index contributed by atoms with van der Waals surface area (Å²) in [5.41, 5.74) is 10.8.